The maximum Gasteiger partial charge on any atom is 0.326 e. The molecule has 8 nitrogen and oxygen atoms in total. The second kappa shape index (κ2) is 9.21. The van der Waals surface area contributed by atoms with E-state index < -0.39 is 17.9 Å². The maximum atomic E-state index is 12.9. The fourth-order valence-corrected chi connectivity index (χ4v) is 4.24. The Balaban J connectivity index is 1.39. The van der Waals surface area contributed by atoms with Gasteiger partial charge in [0.2, 0.25) is 0 Å². The number of carboxylic acids is 1. The predicted octanol–water partition coefficient (Wildman–Crippen LogP) is 3.27. The molecule has 3 N–H and O–H groups in total. The first-order valence-corrected chi connectivity index (χ1v) is 10.7. The molecule has 0 saturated carbocycles. The van der Waals surface area contributed by atoms with E-state index in [0.29, 0.717) is 26.2 Å². The number of hydrogen-bond donors (Lipinski definition) is 3. The summed E-state index contributed by atoms with van der Waals surface area (Å²) in [6, 6.07) is 14.2. The Morgan fingerprint density at radius 1 is 1.06 bits per heavy atom. The number of H-pyrrole nitrogens is 1. The van der Waals surface area contributed by atoms with E-state index >= 15 is 0 Å². The molecule has 168 valence electrons. The first kappa shape index (κ1) is 21.5. The maximum absolute atomic E-state index is 12.9. The van der Waals surface area contributed by atoms with Crippen molar-refractivity contribution in [2.24, 2.45) is 0 Å². The van der Waals surface area contributed by atoms with Gasteiger partial charge >= 0.3 is 12.0 Å². The Hall–Kier alpha value is -3.68. The van der Waals surface area contributed by atoms with Crippen LogP contribution in [0.25, 0.3) is 10.9 Å². The molecule has 2 atom stereocenters. The molecule has 32 heavy (non-hydrogen) atoms. The number of para-hydroxylation sites is 1. The van der Waals surface area contributed by atoms with Gasteiger partial charge in [-0.15, -0.1) is 0 Å². The fraction of sp³-hybridized carbons (Fsp3) is 0.333. The molecule has 0 unspecified atom stereocenters. The summed E-state index contributed by atoms with van der Waals surface area (Å²) in [4.78, 5) is 32.0. The molecular formula is C24H28N4O4. The van der Waals surface area contributed by atoms with Gasteiger partial charge in [-0.05, 0) is 35.9 Å². The van der Waals surface area contributed by atoms with E-state index in [0.717, 1.165) is 27.9 Å². The molecular weight excluding hydrogens is 408 g/mol. The number of aliphatic carboxylic acids is 1. The van der Waals surface area contributed by atoms with Crippen LogP contribution in [0.5, 0.6) is 5.75 Å². The number of carbonyl (C=O) groups is 2. The number of piperazine rings is 1. The smallest absolute Gasteiger partial charge is 0.326 e. The zero-order valence-corrected chi connectivity index (χ0v) is 18.2. The Morgan fingerprint density at radius 3 is 2.41 bits per heavy atom. The number of nitrogens with zero attached hydrogens (tertiary/aromatic N) is 2. The monoisotopic (exact) mass is 436 g/mol. The highest BCUT2D eigenvalue weighted by Gasteiger charge is 2.31. The lowest BCUT2D eigenvalue weighted by Gasteiger charge is -2.37. The van der Waals surface area contributed by atoms with E-state index in [2.05, 4.69) is 15.2 Å². The quantitative estimate of drug-likeness (QED) is 0.551. The summed E-state index contributed by atoms with van der Waals surface area (Å²) in [5.74, 6) is -0.642. The Morgan fingerprint density at radius 2 is 1.75 bits per heavy atom. The molecule has 3 aromatic rings. The van der Waals surface area contributed by atoms with Crippen LogP contribution in [0.15, 0.2) is 54.7 Å². The van der Waals surface area contributed by atoms with Gasteiger partial charge in [0, 0.05) is 54.9 Å². The molecule has 1 saturated heterocycles. The Labute approximate surface area is 186 Å². The van der Waals surface area contributed by atoms with Crippen molar-refractivity contribution in [3.63, 3.8) is 0 Å². The standard InChI is InChI=1S/C24H28N4O4/c1-16(20-15-25-21-6-4-3-5-19(20)21)22(23(29)30)26-24(31)28-13-11-27(12-14-28)17-7-9-18(32-2)10-8-17/h3-10,15-16,22,25H,11-14H2,1-2H3,(H,26,31)(H,29,30)/t16-,22+/m0/s1. The number of nitrogens with one attached hydrogen (secondary N) is 2. The molecule has 2 amide bonds. The van der Waals surface area contributed by atoms with Gasteiger partial charge < -0.3 is 29.9 Å². The van der Waals surface area contributed by atoms with Gasteiger partial charge in [-0.1, -0.05) is 25.1 Å². The second-order valence-electron chi connectivity index (χ2n) is 8.02. The number of anilines is 1. The highest BCUT2D eigenvalue weighted by Crippen LogP contribution is 2.28. The third kappa shape index (κ3) is 4.34. The van der Waals surface area contributed by atoms with Crippen molar-refractivity contribution in [2.45, 2.75) is 18.9 Å². The Kier molecular flexibility index (Phi) is 6.20. The van der Waals surface area contributed by atoms with Crippen molar-refractivity contribution in [3.05, 3.63) is 60.3 Å². The first-order valence-electron chi connectivity index (χ1n) is 10.7. The summed E-state index contributed by atoms with van der Waals surface area (Å²) in [7, 11) is 1.64. The van der Waals surface area contributed by atoms with Gasteiger partial charge in [0.05, 0.1) is 7.11 Å². The number of aromatic nitrogens is 1. The van der Waals surface area contributed by atoms with Crippen molar-refractivity contribution < 1.29 is 19.4 Å². The van der Waals surface area contributed by atoms with E-state index in [-0.39, 0.29) is 6.03 Å². The topological polar surface area (TPSA) is 97.9 Å². The van der Waals surface area contributed by atoms with Crippen LogP contribution in [0.2, 0.25) is 0 Å². The van der Waals surface area contributed by atoms with Gasteiger partial charge in [0.25, 0.3) is 0 Å². The SMILES string of the molecule is COc1ccc(N2CCN(C(=O)N[C@@H](C(=O)O)[C@@H](C)c3c[nH]c4ccccc34)CC2)cc1. The molecule has 0 bridgehead atoms. The molecule has 2 aromatic carbocycles. The number of hydrogen-bond acceptors (Lipinski definition) is 4. The van der Waals surface area contributed by atoms with E-state index in [9.17, 15) is 14.7 Å². The van der Waals surface area contributed by atoms with E-state index in [1.807, 2.05) is 61.7 Å². The number of fused-ring (bicyclic) bond motifs is 1. The van der Waals surface area contributed by atoms with Crippen molar-refractivity contribution in [1.82, 2.24) is 15.2 Å². The Bertz CT molecular complexity index is 1090. The van der Waals surface area contributed by atoms with Crippen molar-refractivity contribution in [3.8, 4) is 5.75 Å². The number of aromatic amines is 1. The zero-order valence-electron chi connectivity index (χ0n) is 18.2. The number of ether oxygens (including phenoxy) is 1. The highest BCUT2D eigenvalue weighted by atomic mass is 16.5. The van der Waals surface area contributed by atoms with Crippen LogP contribution in [0, 0.1) is 0 Å². The molecule has 1 aliphatic rings. The number of rotatable bonds is 6. The number of amides is 2. The van der Waals surface area contributed by atoms with Crippen molar-refractivity contribution in [1.29, 1.82) is 0 Å². The van der Waals surface area contributed by atoms with Crippen LogP contribution in [0.1, 0.15) is 18.4 Å². The van der Waals surface area contributed by atoms with Gasteiger partial charge in [-0.25, -0.2) is 9.59 Å². The van der Waals surface area contributed by atoms with Gasteiger partial charge in [-0.2, -0.15) is 0 Å². The summed E-state index contributed by atoms with van der Waals surface area (Å²) < 4.78 is 5.20. The molecule has 1 aliphatic heterocycles. The number of urea groups is 1. The fourth-order valence-electron chi connectivity index (χ4n) is 4.24. The zero-order chi connectivity index (χ0) is 22.7. The molecule has 1 aromatic heterocycles. The third-order valence-electron chi connectivity index (χ3n) is 6.16. The molecule has 0 aliphatic carbocycles. The van der Waals surface area contributed by atoms with Gasteiger partial charge in [0.15, 0.2) is 0 Å². The summed E-state index contributed by atoms with van der Waals surface area (Å²) in [6.45, 7) is 4.22. The van der Waals surface area contributed by atoms with Crippen LogP contribution in [0.3, 0.4) is 0 Å². The number of methoxy groups -OCH3 is 1. The number of carboxylic acid groups (broad SMARTS) is 1. The van der Waals surface area contributed by atoms with Crippen LogP contribution in [-0.4, -0.2) is 66.3 Å². The van der Waals surface area contributed by atoms with E-state index in [4.69, 9.17) is 4.74 Å². The van der Waals surface area contributed by atoms with Crippen molar-refractivity contribution in [2.75, 3.05) is 38.2 Å². The molecule has 1 fully saturated rings. The summed E-state index contributed by atoms with van der Waals surface area (Å²) in [5.41, 5.74) is 2.89. The van der Waals surface area contributed by atoms with Crippen LogP contribution < -0.4 is 15.0 Å². The minimum absolute atomic E-state index is 0.349. The van der Waals surface area contributed by atoms with Gasteiger partial charge in [-0.3, -0.25) is 0 Å². The van der Waals surface area contributed by atoms with Crippen LogP contribution in [0.4, 0.5) is 10.5 Å². The molecule has 0 spiro atoms. The molecule has 8 heteroatoms. The van der Waals surface area contributed by atoms with E-state index in [1.54, 1.807) is 12.0 Å². The highest BCUT2D eigenvalue weighted by molar-refractivity contribution is 5.87. The predicted molar refractivity (Wildman–Crippen MR) is 123 cm³/mol. The molecule has 0 radical (unpaired) electrons. The molecule has 4 rings (SSSR count). The number of benzene rings is 2. The largest absolute Gasteiger partial charge is 0.497 e. The summed E-state index contributed by atoms with van der Waals surface area (Å²) in [6.07, 6.45) is 1.82. The third-order valence-corrected chi connectivity index (χ3v) is 6.16. The second-order valence-corrected chi connectivity index (χ2v) is 8.02. The normalized spacial score (nSPS) is 15.9. The summed E-state index contributed by atoms with van der Waals surface area (Å²) >= 11 is 0. The van der Waals surface area contributed by atoms with Gasteiger partial charge in [0.1, 0.15) is 11.8 Å². The van der Waals surface area contributed by atoms with Crippen LogP contribution in [-0.2, 0) is 4.79 Å². The minimum atomic E-state index is -1.05. The lowest BCUT2D eigenvalue weighted by atomic mass is 9.93. The first-order chi connectivity index (χ1) is 15.5. The minimum Gasteiger partial charge on any atom is -0.497 e. The average Bonchev–Trinajstić information content (AvgIpc) is 3.26. The summed E-state index contributed by atoms with van der Waals surface area (Å²) in [5, 5.41) is 13.5. The molecule has 2 heterocycles. The average molecular weight is 437 g/mol. The lowest BCUT2D eigenvalue weighted by molar-refractivity contribution is -0.139. The number of carbonyl (C=O) groups excluding carboxylic acids is 1. The van der Waals surface area contributed by atoms with Crippen LogP contribution >= 0.6 is 0 Å². The van der Waals surface area contributed by atoms with Crippen molar-refractivity contribution >= 4 is 28.6 Å². The van der Waals surface area contributed by atoms with E-state index in [1.165, 1.54) is 0 Å². The lowest BCUT2D eigenvalue weighted by Crippen LogP contribution is -2.55.